The molecule has 0 spiro atoms. The van der Waals surface area contributed by atoms with Crippen LogP contribution in [0.1, 0.15) is 0 Å². The second kappa shape index (κ2) is 15.7. The third-order valence-corrected chi connectivity index (χ3v) is 0. The number of halogens is 1. The molecule has 0 aliphatic carbocycles. The number of rotatable bonds is 0. The van der Waals surface area contributed by atoms with Gasteiger partial charge in [-0.2, -0.15) is 0 Å². The van der Waals surface area contributed by atoms with Gasteiger partial charge in [-0.15, -0.1) is 0 Å². The maximum atomic E-state index is 8.54. The van der Waals surface area contributed by atoms with Crippen LogP contribution in [-0.2, 0) is 21.2 Å². The van der Waals surface area contributed by atoms with Crippen LogP contribution < -0.4 is 50.3 Å². The molecule has 0 N–H and O–H groups in total. The fourth-order valence-corrected chi connectivity index (χ4v) is 0. The van der Waals surface area contributed by atoms with Gasteiger partial charge in [0.25, 0.3) is 0 Å². The minimum atomic E-state index is -3.79. The van der Waals surface area contributed by atoms with Crippen LogP contribution in [0.25, 0.3) is 0 Å². The van der Waals surface area contributed by atoms with Crippen molar-refractivity contribution in [1.29, 1.82) is 0 Å². The van der Waals surface area contributed by atoms with E-state index in [2.05, 4.69) is 0 Å². The summed E-state index contributed by atoms with van der Waals surface area (Å²) in [5, 5.41) is 0. The minimum Gasteiger partial charge on any atom is -1.00 e. The van der Waals surface area contributed by atoms with E-state index in [1.165, 1.54) is 0 Å². The standard InChI is InChI=1S/ClH.Cr.Na.H2O3Se/c;;;1-4(2)3/h1H;;;(H2,1,2,3)/q;+3;+1;/p-3. The first-order valence-electron chi connectivity index (χ1n) is 0.500. The van der Waals surface area contributed by atoms with Crippen molar-refractivity contribution in [3.05, 3.63) is 0 Å². The summed E-state index contributed by atoms with van der Waals surface area (Å²) in [5.41, 5.74) is 0. The molecule has 0 heterocycles. The van der Waals surface area contributed by atoms with Crippen LogP contribution in [0.2, 0.25) is 0 Å². The molecular weight excluding hydrogens is 237 g/mol. The largest absolute Gasteiger partial charge is 3.00 e. The van der Waals surface area contributed by atoms with E-state index in [1.807, 2.05) is 0 Å². The molecule has 0 rings (SSSR count). The molecule has 0 bridgehead atoms. The first kappa shape index (κ1) is 23.0. The van der Waals surface area contributed by atoms with E-state index < -0.39 is 14.5 Å². The topological polar surface area (TPSA) is 63.2 Å². The molecule has 0 saturated heterocycles. The van der Waals surface area contributed by atoms with Gasteiger partial charge in [0, 0.05) is 0 Å². The van der Waals surface area contributed by atoms with Crippen LogP contribution in [0.4, 0.5) is 0 Å². The molecule has 0 amide bonds. The molecule has 0 aromatic rings. The van der Waals surface area contributed by atoms with Gasteiger partial charge < -0.3 is 12.4 Å². The Kier molecular flexibility index (Phi) is 51.5. The zero-order valence-corrected chi connectivity index (χ0v) is 9.16. The van der Waals surface area contributed by atoms with Crippen LogP contribution in [0.5, 0.6) is 0 Å². The second-order valence-corrected chi connectivity index (χ2v) is 1.06. The summed E-state index contributed by atoms with van der Waals surface area (Å²) in [6.07, 6.45) is 0. The van der Waals surface area contributed by atoms with Crippen LogP contribution in [0, 0.1) is 0 Å². The van der Waals surface area contributed by atoms with Crippen molar-refractivity contribution in [3.63, 3.8) is 0 Å². The predicted octanol–water partition coefficient (Wildman–Crippen LogP) is -8.87. The number of hydrogen-bond acceptors (Lipinski definition) is 3. The molecule has 1 radical (unpaired) electrons. The molecule has 0 unspecified atom stereocenters. The van der Waals surface area contributed by atoms with Gasteiger partial charge in [0.05, 0.1) is 0 Å². The van der Waals surface area contributed by atoms with Crippen LogP contribution in [0.3, 0.4) is 0 Å². The third-order valence-electron chi connectivity index (χ3n) is 0. The summed E-state index contributed by atoms with van der Waals surface area (Å²) in [4.78, 5) is 0. The maximum absolute atomic E-state index is 8.54. The van der Waals surface area contributed by atoms with Crippen LogP contribution in [0.15, 0.2) is 0 Å². The Labute approximate surface area is 85.1 Å². The van der Waals surface area contributed by atoms with E-state index in [1.54, 1.807) is 0 Å². The summed E-state index contributed by atoms with van der Waals surface area (Å²) in [7, 11) is 0. The molecule has 0 aliphatic rings. The summed E-state index contributed by atoms with van der Waals surface area (Å²) < 4.78 is 25.6. The van der Waals surface area contributed by atoms with Crippen molar-refractivity contribution < 1.29 is 71.5 Å². The average Bonchev–Trinajstić information content (AvgIpc) is 0.811. The van der Waals surface area contributed by atoms with Crippen LogP contribution in [-0.4, -0.2) is 14.5 Å². The summed E-state index contributed by atoms with van der Waals surface area (Å²) >= 11 is -3.79. The minimum absolute atomic E-state index is 0. The van der Waals surface area contributed by atoms with E-state index in [9.17, 15) is 0 Å². The molecule has 3 nitrogen and oxygen atoms in total. The van der Waals surface area contributed by atoms with E-state index in [-0.39, 0.29) is 59.3 Å². The fourth-order valence-electron chi connectivity index (χ4n) is 0. The van der Waals surface area contributed by atoms with Crippen molar-refractivity contribution >= 4 is 14.5 Å². The number of hydrogen-bond donors (Lipinski definition) is 0. The Morgan fingerprint density at radius 1 is 1.29 bits per heavy atom. The van der Waals surface area contributed by atoms with Crippen molar-refractivity contribution in [3.8, 4) is 0 Å². The molecule has 0 fully saturated rings. The normalized spacial score (nSPS) is 5.00. The van der Waals surface area contributed by atoms with Gasteiger partial charge in [-0.1, -0.05) is 0 Å². The van der Waals surface area contributed by atoms with Gasteiger partial charge in [-0.25, -0.2) is 0 Å². The monoisotopic (exact) mass is 238 g/mol. The van der Waals surface area contributed by atoms with Gasteiger partial charge in [0.15, 0.2) is 0 Å². The summed E-state index contributed by atoms with van der Waals surface area (Å²) in [5.74, 6) is 0. The summed E-state index contributed by atoms with van der Waals surface area (Å²) in [6.45, 7) is 0. The zero-order valence-electron chi connectivity index (χ0n) is 3.42. The SMILES string of the molecule is O=[Se]([O-])[O-].[Cl-].[Cr+3].[Na+]. The molecule has 0 aromatic heterocycles. The van der Waals surface area contributed by atoms with Crippen molar-refractivity contribution in [2.75, 3.05) is 0 Å². The van der Waals surface area contributed by atoms with Gasteiger partial charge in [-0.3, -0.25) is 0 Å². The van der Waals surface area contributed by atoms with Crippen molar-refractivity contribution in [2.45, 2.75) is 0 Å². The van der Waals surface area contributed by atoms with E-state index in [0.29, 0.717) is 0 Å². The quantitative estimate of drug-likeness (QED) is 0.393. The predicted molar refractivity (Wildman–Crippen MR) is 6.44 cm³/mol. The van der Waals surface area contributed by atoms with Gasteiger partial charge >= 0.3 is 73.6 Å². The smallest absolute Gasteiger partial charge is 1.00 e. The van der Waals surface area contributed by atoms with E-state index in [4.69, 9.17) is 12.2 Å². The van der Waals surface area contributed by atoms with Gasteiger partial charge in [-0.05, 0) is 0 Å². The van der Waals surface area contributed by atoms with Crippen molar-refractivity contribution in [2.24, 2.45) is 0 Å². The zero-order chi connectivity index (χ0) is 3.58. The van der Waals surface area contributed by atoms with E-state index >= 15 is 0 Å². The van der Waals surface area contributed by atoms with Gasteiger partial charge in [0.1, 0.15) is 0 Å². The Hall–Kier alpha value is 2.06. The molecule has 0 aliphatic heterocycles. The summed E-state index contributed by atoms with van der Waals surface area (Å²) in [6, 6.07) is 0. The molecular formula is ClCrNaO3Se+. The maximum Gasteiger partial charge on any atom is 3.00 e. The third kappa shape index (κ3) is 69.7. The Bertz CT molecular complexity index is 37.9. The Balaban J connectivity index is -0.0000000150. The van der Waals surface area contributed by atoms with Gasteiger partial charge in [0.2, 0.25) is 0 Å². The fraction of sp³-hybridized carbons (Fsp3) is 0. The van der Waals surface area contributed by atoms with E-state index in [0.717, 1.165) is 0 Å². The molecule has 0 saturated carbocycles. The molecule has 0 aromatic carbocycles. The first-order chi connectivity index (χ1) is 1.73. The first-order valence-corrected chi connectivity index (χ1v) is 2.60. The molecule has 7 heavy (non-hydrogen) atoms. The molecule has 0 atom stereocenters. The Morgan fingerprint density at radius 3 is 1.29 bits per heavy atom. The molecule has 37 valence electrons. The average molecular weight is 237 g/mol. The van der Waals surface area contributed by atoms with Crippen molar-refractivity contribution in [1.82, 2.24) is 0 Å². The second-order valence-electron chi connectivity index (χ2n) is 0.204. The molecule has 7 heteroatoms. The Morgan fingerprint density at radius 2 is 1.29 bits per heavy atom. The van der Waals surface area contributed by atoms with Crippen LogP contribution >= 0.6 is 0 Å².